The van der Waals surface area contributed by atoms with Crippen molar-refractivity contribution >= 4 is 24.0 Å². The second-order valence-corrected chi connectivity index (χ2v) is 5.39. The second kappa shape index (κ2) is 7.36. The van der Waals surface area contributed by atoms with Crippen LogP contribution in [0.1, 0.15) is 12.0 Å². The maximum absolute atomic E-state index is 6.26. The van der Waals surface area contributed by atoms with Crippen LogP contribution in [0, 0.1) is 0 Å². The SMILES string of the molecule is Cl.Clc1cc(CN2CCCNCC2)cc2c1OCCO2. The zero-order chi connectivity index (χ0) is 13.1. The molecule has 0 spiro atoms. The first-order valence-electron chi connectivity index (χ1n) is 6.84. The molecule has 0 aromatic heterocycles. The number of ether oxygens (including phenoxy) is 2. The Balaban J connectivity index is 0.00000147. The van der Waals surface area contributed by atoms with Gasteiger partial charge in [0.25, 0.3) is 0 Å². The number of benzene rings is 1. The van der Waals surface area contributed by atoms with Crippen molar-refractivity contribution in [1.82, 2.24) is 10.2 Å². The van der Waals surface area contributed by atoms with Crippen molar-refractivity contribution in [2.75, 3.05) is 39.4 Å². The van der Waals surface area contributed by atoms with E-state index in [-0.39, 0.29) is 12.4 Å². The molecule has 0 saturated carbocycles. The molecule has 6 heteroatoms. The molecule has 1 fully saturated rings. The van der Waals surface area contributed by atoms with Crippen LogP contribution < -0.4 is 14.8 Å². The highest BCUT2D eigenvalue weighted by Crippen LogP contribution is 2.38. The van der Waals surface area contributed by atoms with E-state index in [1.807, 2.05) is 6.07 Å². The van der Waals surface area contributed by atoms with E-state index in [0.29, 0.717) is 24.0 Å². The maximum Gasteiger partial charge on any atom is 0.179 e. The van der Waals surface area contributed by atoms with Crippen molar-refractivity contribution in [2.45, 2.75) is 13.0 Å². The molecule has 0 radical (unpaired) electrons. The van der Waals surface area contributed by atoms with Gasteiger partial charge in [-0.05, 0) is 37.2 Å². The standard InChI is InChI=1S/C14H19ClN2O2.ClH/c15-12-8-11(9-13-14(12)19-7-6-18-13)10-17-4-1-2-16-3-5-17;/h8-9,16H,1-7,10H2;1H. The van der Waals surface area contributed by atoms with Gasteiger partial charge in [-0.2, -0.15) is 0 Å². The molecule has 1 N–H and O–H groups in total. The molecule has 20 heavy (non-hydrogen) atoms. The van der Waals surface area contributed by atoms with Crippen LogP contribution in [0.5, 0.6) is 11.5 Å². The lowest BCUT2D eigenvalue weighted by Gasteiger charge is -2.23. The molecule has 2 aliphatic rings. The summed E-state index contributed by atoms with van der Waals surface area (Å²) in [6.45, 7) is 6.45. The van der Waals surface area contributed by atoms with Gasteiger partial charge in [-0.15, -0.1) is 12.4 Å². The van der Waals surface area contributed by atoms with E-state index in [2.05, 4.69) is 16.3 Å². The Bertz CT molecular complexity index is 449. The maximum atomic E-state index is 6.26. The molecule has 0 unspecified atom stereocenters. The quantitative estimate of drug-likeness (QED) is 0.907. The predicted octanol–water partition coefficient (Wildman–Crippen LogP) is 2.33. The number of hydrogen-bond donors (Lipinski definition) is 1. The van der Waals surface area contributed by atoms with Crippen LogP contribution in [0.25, 0.3) is 0 Å². The zero-order valence-electron chi connectivity index (χ0n) is 11.4. The lowest BCUT2D eigenvalue weighted by Crippen LogP contribution is -2.27. The lowest BCUT2D eigenvalue weighted by molar-refractivity contribution is 0.171. The Hall–Kier alpha value is -0.680. The first-order valence-corrected chi connectivity index (χ1v) is 7.22. The summed E-state index contributed by atoms with van der Waals surface area (Å²) in [5.41, 5.74) is 1.19. The number of halogens is 2. The second-order valence-electron chi connectivity index (χ2n) is 4.98. The minimum absolute atomic E-state index is 0. The van der Waals surface area contributed by atoms with Crippen LogP contribution in [0.2, 0.25) is 5.02 Å². The van der Waals surface area contributed by atoms with Crippen molar-refractivity contribution < 1.29 is 9.47 Å². The number of hydrogen-bond acceptors (Lipinski definition) is 4. The minimum atomic E-state index is 0. The van der Waals surface area contributed by atoms with Gasteiger partial charge >= 0.3 is 0 Å². The summed E-state index contributed by atoms with van der Waals surface area (Å²) in [4.78, 5) is 2.45. The Kier molecular flexibility index (Phi) is 5.78. The predicted molar refractivity (Wildman–Crippen MR) is 82.5 cm³/mol. The topological polar surface area (TPSA) is 33.7 Å². The Morgan fingerprint density at radius 1 is 1.15 bits per heavy atom. The average molecular weight is 319 g/mol. The largest absolute Gasteiger partial charge is 0.486 e. The van der Waals surface area contributed by atoms with Gasteiger partial charge < -0.3 is 14.8 Å². The number of rotatable bonds is 2. The van der Waals surface area contributed by atoms with Gasteiger partial charge in [0.05, 0.1) is 5.02 Å². The van der Waals surface area contributed by atoms with E-state index in [1.165, 1.54) is 12.0 Å². The summed E-state index contributed by atoms with van der Waals surface area (Å²) in [6.07, 6.45) is 1.19. The minimum Gasteiger partial charge on any atom is -0.486 e. The molecule has 0 amide bonds. The molecule has 2 heterocycles. The van der Waals surface area contributed by atoms with Crippen molar-refractivity contribution in [3.63, 3.8) is 0 Å². The third-order valence-electron chi connectivity index (χ3n) is 3.50. The third kappa shape index (κ3) is 3.70. The van der Waals surface area contributed by atoms with Gasteiger partial charge in [0.15, 0.2) is 11.5 Å². The molecule has 4 nitrogen and oxygen atoms in total. The molecular weight excluding hydrogens is 299 g/mol. The summed E-state index contributed by atoms with van der Waals surface area (Å²) in [5.74, 6) is 1.47. The lowest BCUT2D eigenvalue weighted by atomic mass is 10.1. The molecule has 0 bridgehead atoms. The smallest absolute Gasteiger partial charge is 0.179 e. The summed E-state index contributed by atoms with van der Waals surface area (Å²) >= 11 is 6.26. The summed E-state index contributed by atoms with van der Waals surface area (Å²) < 4.78 is 11.2. The van der Waals surface area contributed by atoms with Crippen molar-refractivity contribution in [3.05, 3.63) is 22.7 Å². The van der Waals surface area contributed by atoms with Crippen LogP contribution in [-0.2, 0) is 6.54 Å². The molecule has 112 valence electrons. The average Bonchev–Trinajstić information content (AvgIpc) is 2.67. The van der Waals surface area contributed by atoms with E-state index in [1.54, 1.807) is 0 Å². The Morgan fingerprint density at radius 3 is 2.90 bits per heavy atom. The molecule has 2 aliphatic heterocycles. The van der Waals surface area contributed by atoms with Gasteiger partial charge in [-0.1, -0.05) is 11.6 Å². The molecular formula is C14H20Cl2N2O2. The number of fused-ring (bicyclic) bond motifs is 1. The fourth-order valence-electron chi connectivity index (χ4n) is 2.57. The first kappa shape index (κ1) is 15.7. The molecule has 1 aromatic carbocycles. The van der Waals surface area contributed by atoms with Crippen LogP contribution in [0.3, 0.4) is 0 Å². The van der Waals surface area contributed by atoms with E-state index in [9.17, 15) is 0 Å². The molecule has 1 saturated heterocycles. The highest BCUT2D eigenvalue weighted by molar-refractivity contribution is 6.32. The molecule has 3 rings (SSSR count). The van der Waals surface area contributed by atoms with E-state index in [4.69, 9.17) is 21.1 Å². The van der Waals surface area contributed by atoms with Gasteiger partial charge in [-0.25, -0.2) is 0 Å². The summed E-state index contributed by atoms with van der Waals surface area (Å²) in [6, 6.07) is 4.05. The van der Waals surface area contributed by atoms with E-state index in [0.717, 1.165) is 38.5 Å². The first-order chi connectivity index (χ1) is 9.33. The van der Waals surface area contributed by atoms with Gasteiger partial charge in [0.1, 0.15) is 13.2 Å². The highest BCUT2D eigenvalue weighted by Gasteiger charge is 2.18. The third-order valence-corrected chi connectivity index (χ3v) is 3.78. The highest BCUT2D eigenvalue weighted by atomic mass is 35.5. The number of nitrogens with one attached hydrogen (secondary N) is 1. The summed E-state index contributed by atoms with van der Waals surface area (Å²) in [5, 5.41) is 4.06. The van der Waals surface area contributed by atoms with Crippen LogP contribution in [0.4, 0.5) is 0 Å². The van der Waals surface area contributed by atoms with E-state index < -0.39 is 0 Å². The molecule has 1 aromatic rings. The number of nitrogens with zero attached hydrogens (tertiary/aromatic N) is 1. The fraction of sp³-hybridized carbons (Fsp3) is 0.571. The van der Waals surface area contributed by atoms with Gasteiger partial charge in [0.2, 0.25) is 0 Å². The normalized spacial score (nSPS) is 19.1. The van der Waals surface area contributed by atoms with Gasteiger partial charge in [0, 0.05) is 19.6 Å². The van der Waals surface area contributed by atoms with Crippen LogP contribution in [0.15, 0.2) is 12.1 Å². The van der Waals surface area contributed by atoms with Gasteiger partial charge in [-0.3, -0.25) is 4.90 Å². The molecule has 0 atom stereocenters. The summed E-state index contributed by atoms with van der Waals surface area (Å²) in [7, 11) is 0. The zero-order valence-corrected chi connectivity index (χ0v) is 12.9. The monoisotopic (exact) mass is 318 g/mol. The Morgan fingerprint density at radius 2 is 2.00 bits per heavy atom. The Labute approximate surface area is 130 Å². The fourth-order valence-corrected chi connectivity index (χ4v) is 2.86. The van der Waals surface area contributed by atoms with Crippen LogP contribution in [-0.4, -0.2) is 44.3 Å². The van der Waals surface area contributed by atoms with Crippen molar-refractivity contribution in [1.29, 1.82) is 0 Å². The van der Waals surface area contributed by atoms with Crippen molar-refractivity contribution in [2.24, 2.45) is 0 Å². The van der Waals surface area contributed by atoms with E-state index >= 15 is 0 Å². The molecule has 0 aliphatic carbocycles. The van der Waals surface area contributed by atoms with Crippen molar-refractivity contribution in [3.8, 4) is 11.5 Å². The van der Waals surface area contributed by atoms with Crippen LogP contribution >= 0.6 is 24.0 Å².